The van der Waals surface area contributed by atoms with Crippen molar-refractivity contribution >= 4 is 0 Å². The Kier molecular flexibility index (Phi) is 4.52. The number of aromatic hydroxyl groups is 1. The van der Waals surface area contributed by atoms with E-state index >= 15 is 0 Å². The highest BCUT2D eigenvalue weighted by Gasteiger charge is 2.34. The van der Waals surface area contributed by atoms with Crippen LogP contribution in [0.4, 0.5) is 13.2 Å². The van der Waals surface area contributed by atoms with Crippen LogP contribution >= 0.6 is 0 Å². The Bertz CT molecular complexity index is 861. The van der Waals surface area contributed by atoms with Crippen molar-refractivity contribution in [3.05, 3.63) is 78.4 Å². The van der Waals surface area contributed by atoms with Gasteiger partial charge >= 0.3 is 6.18 Å². The van der Waals surface area contributed by atoms with Gasteiger partial charge in [0.1, 0.15) is 34.3 Å². The van der Waals surface area contributed by atoms with E-state index in [9.17, 15) is 18.3 Å². The molecule has 0 heterocycles. The number of hydrogen-bond donors (Lipinski definition) is 1. The van der Waals surface area contributed by atoms with Gasteiger partial charge in [-0.2, -0.15) is 13.2 Å². The Balaban J connectivity index is 1.81. The third kappa shape index (κ3) is 4.23. The molecule has 0 aromatic heterocycles. The first-order valence-electron chi connectivity index (χ1n) is 7.33. The van der Waals surface area contributed by atoms with Crippen molar-refractivity contribution in [2.75, 3.05) is 0 Å². The summed E-state index contributed by atoms with van der Waals surface area (Å²) in [6.07, 6.45) is -4.66. The lowest BCUT2D eigenvalue weighted by Gasteiger charge is -2.12. The highest BCUT2D eigenvalue weighted by molar-refractivity contribution is 5.44. The topological polar surface area (TPSA) is 38.7 Å². The average Bonchev–Trinajstić information content (AvgIpc) is 2.57. The SMILES string of the molecule is Oc1ccc(Oc2cccc(Oc3ccccc3)c2)cc1C(F)(F)F. The van der Waals surface area contributed by atoms with Gasteiger partial charge in [-0.1, -0.05) is 24.3 Å². The van der Waals surface area contributed by atoms with Crippen LogP contribution in [-0.4, -0.2) is 5.11 Å². The maximum absolute atomic E-state index is 12.8. The number of phenolic OH excluding ortho intramolecular Hbond substituents is 1. The van der Waals surface area contributed by atoms with Crippen molar-refractivity contribution in [3.63, 3.8) is 0 Å². The van der Waals surface area contributed by atoms with E-state index in [2.05, 4.69) is 0 Å². The predicted molar refractivity (Wildman–Crippen MR) is 86.1 cm³/mol. The van der Waals surface area contributed by atoms with Gasteiger partial charge in [0.2, 0.25) is 0 Å². The van der Waals surface area contributed by atoms with Crippen LogP contribution in [0.25, 0.3) is 0 Å². The molecule has 0 aliphatic heterocycles. The summed E-state index contributed by atoms with van der Waals surface area (Å²) < 4.78 is 49.6. The van der Waals surface area contributed by atoms with E-state index in [1.807, 2.05) is 18.2 Å². The molecule has 1 N–H and O–H groups in total. The van der Waals surface area contributed by atoms with Crippen LogP contribution in [0.1, 0.15) is 5.56 Å². The Labute approximate surface area is 141 Å². The highest BCUT2D eigenvalue weighted by Crippen LogP contribution is 2.39. The number of ether oxygens (including phenoxy) is 2. The van der Waals surface area contributed by atoms with E-state index in [4.69, 9.17) is 9.47 Å². The molecule has 3 aromatic carbocycles. The summed E-state index contributed by atoms with van der Waals surface area (Å²) in [5.74, 6) is 0.539. The van der Waals surface area contributed by atoms with Gasteiger partial charge in [0.25, 0.3) is 0 Å². The molecule has 0 fully saturated rings. The van der Waals surface area contributed by atoms with Crippen molar-refractivity contribution in [2.45, 2.75) is 6.18 Å². The van der Waals surface area contributed by atoms with Gasteiger partial charge in [0, 0.05) is 6.07 Å². The lowest BCUT2D eigenvalue weighted by Crippen LogP contribution is -2.05. The Hall–Kier alpha value is -3.15. The summed E-state index contributed by atoms with van der Waals surface area (Å²) in [6, 6.07) is 18.6. The monoisotopic (exact) mass is 346 g/mol. The lowest BCUT2D eigenvalue weighted by molar-refractivity contribution is -0.138. The summed E-state index contributed by atoms with van der Waals surface area (Å²) in [6.45, 7) is 0. The van der Waals surface area contributed by atoms with Gasteiger partial charge in [-0.05, 0) is 42.5 Å². The molecule has 0 unspecified atom stereocenters. The molecular weight excluding hydrogens is 333 g/mol. The molecule has 128 valence electrons. The molecule has 0 amide bonds. The van der Waals surface area contributed by atoms with E-state index in [0.29, 0.717) is 17.2 Å². The van der Waals surface area contributed by atoms with Gasteiger partial charge in [0.05, 0.1) is 0 Å². The third-order valence-corrected chi connectivity index (χ3v) is 3.29. The highest BCUT2D eigenvalue weighted by atomic mass is 19.4. The van der Waals surface area contributed by atoms with Gasteiger partial charge in [-0.25, -0.2) is 0 Å². The number of para-hydroxylation sites is 1. The number of rotatable bonds is 4. The molecule has 0 saturated carbocycles. The standard InChI is InChI=1S/C19H13F3O3/c20-19(21,22)17-12-16(9-10-18(17)23)25-15-8-4-7-14(11-15)24-13-5-2-1-3-6-13/h1-12,23H. The normalized spacial score (nSPS) is 11.2. The predicted octanol–water partition coefficient (Wildman–Crippen LogP) is 6.00. The fraction of sp³-hybridized carbons (Fsp3) is 0.0526. The van der Waals surface area contributed by atoms with Crippen LogP contribution in [0.5, 0.6) is 28.7 Å². The molecule has 25 heavy (non-hydrogen) atoms. The van der Waals surface area contributed by atoms with Crippen LogP contribution in [0.2, 0.25) is 0 Å². The summed E-state index contributed by atoms with van der Waals surface area (Å²) >= 11 is 0. The van der Waals surface area contributed by atoms with Crippen LogP contribution < -0.4 is 9.47 Å². The summed E-state index contributed by atoms with van der Waals surface area (Å²) in [5, 5.41) is 9.35. The summed E-state index contributed by atoms with van der Waals surface area (Å²) in [7, 11) is 0. The second-order valence-corrected chi connectivity index (χ2v) is 5.17. The third-order valence-electron chi connectivity index (χ3n) is 3.29. The van der Waals surface area contributed by atoms with Crippen LogP contribution in [0, 0.1) is 0 Å². The maximum atomic E-state index is 12.8. The lowest BCUT2D eigenvalue weighted by atomic mass is 10.2. The zero-order valence-corrected chi connectivity index (χ0v) is 12.8. The quantitative estimate of drug-likeness (QED) is 0.630. The van der Waals surface area contributed by atoms with Crippen LogP contribution in [0.15, 0.2) is 72.8 Å². The van der Waals surface area contributed by atoms with Gasteiger partial charge in [-0.3, -0.25) is 0 Å². The largest absolute Gasteiger partial charge is 0.507 e. The van der Waals surface area contributed by atoms with E-state index in [1.165, 1.54) is 6.07 Å². The van der Waals surface area contributed by atoms with E-state index in [1.54, 1.807) is 36.4 Å². The van der Waals surface area contributed by atoms with E-state index in [-0.39, 0.29) is 5.75 Å². The van der Waals surface area contributed by atoms with Gasteiger partial charge in [0.15, 0.2) is 0 Å². The van der Waals surface area contributed by atoms with Crippen molar-refractivity contribution in [2.24, 2.45) is 0 Å². The fourth-order valence-corrected chi connectivity index (χ4v) is 2.17. The molecule has 6 heteroatoms. The Morgan fingerprint density at radius 2 is 1.20 bits per heavy atom. The van der Waals surface area contributed by atoms with Crippen molar-refractivity contribution in [3.8, 4) is 28.7 Å². The van der Waals surface area contributed by atoms with Gasteiger partial charge in [-0.15, -0.1) is 0 Å². The smallest absolute Gasteiger partial charge is 0.420 e. The average molecular weight is 346 g/mol. The van der Waals surface area contributed by atoms with Crippen molar-refractivity contribution in [1.82, 2.24) is 0 Å². The minimum atomic E-state index is -4.66. The number of benzene rings is 3. The molecule has 3 nitrogen and oxygen atoms in total. The summed E-state index contributed by atoms with van der Waals surface area (Å²) in [5.41, 5.74) is -1.15. The Morgan fingerprint density at radius 1 is 0.640 bits per heavy atom. The second-order valence-electron chi connectivity index (χ2n) is 5.17. The number of halogens is 3. The molecular formula is C19H13F3O3. The number of phenols is 1. The first-order valence-corrected chi connectivity index (χ1v) is 7.33. The molecule has 0 bridgehead atoms. The zero-order chi connectivity index (χ0) is 17.9. The molecule has 0 atom stereocenters. The van der Waals surface area contributed by atoms with Crippen LogP contribution in [0.3, 0.4) is 0 Å². The first-order chi connectivity index (χ1) is 11.9. The van der Waals surface area contributed by atoms with Crippen LogP contribution in [-0.2, 0) is 6.18 Å². The minimum absolute atomic E-state index is 0.0398. The fourth-order valence-electron chi connectivity index (χ4n) is 2.17. The molecule has 0 radical (unpaired) electrons. The van der Waals surface area contributed by atoms with Crippen molar-refractivity contribution in [1.29, 1.82) is 0 Å². The van der Waals surface area contributed by atoms with E-state index < -0.39 is 17.5 Å². The zero-order valence-electron chi connectivity index (χ0n) is 12.8. The molecule has 3 aromatic rings. The number of hydrogen-bond acceptors (Lipinski definition) is 3. The first kappa shape index (κ1) is 16.7. The summed E-state index contributed by atoms with van der Waals surface area (Å²) in [4.78, 5) is 0. The second kappa shape index (κ2) is 6.76. The van der Waals surface area contributed by atoms with Gasteiger partial charge < -0.3 is 14.6 Å². The minimum Gasteiger partial charge on any atom is -0.507 e. The molecule has 3 rings (SSSR count). The number of alkyl halides is 3. The van der Waals surface area contributed by atoms with E-state index in [0.717, 1.165) is 12.1 Å². The van der Waals surface area contributed by atoms with Crippen molar-refractivity contribution < 1.29 is 27.8 Å². The molecule has 0 aliphatic carbocycles. The maximum Gasteiger partial charge on any atom is 0.420 e. The Morgan fingerprint density at radius 3 is 1.84 bits per heavy atom. The molecule has 0 spiro atoms. The molecule has 0 saturated heterocycles. The molecule has 0 aliphatic rings.